The second-order valence-corrected chi connectivity index (χ2v) is 2.61. The van der Waals surface area contributed by atoms with Crippen molar-refractivity contribution in [3.8, 4) is 0 Å². The third-order valence-corrected chi connectivity index (χ3v) is 1.48. The van der Waals surface area contributed by atoms with Gasteiger partial charge >= 0.3 is 0 Å². The molecule has 0 saturated carbocycles. The van der Waals surface area contributed by atoms with Crippen LogP contribution in [0.25, 0.3) is 0 Å². The summed E-state index contributed by atoms with van der Waals surface area (Å²) in [6.07, 6.45) is 2.10. The summed E-state index contributed by atoms with van der Waals surface area (Å²) in [4.78, 5) is 7.68. The number of aliphatic hydroxyl groups is 1. The van der Waals surface area contributed by atoms with Gasteiger partial charge in [0, 0.05) is 0 Å². The zero-order valence-corrected chi connectivity index (χ0v) is 7.41. The fourth-order valence-corrected chi connectivity index (χ4v) is 0.940. The largest absolute Gasteiger partial charge is 0.373 e. The maximum Gasteiger partial charge on any atom is 0.149 e. The van der Waals surface area contributed by atoms with Crippen LogP contribution in [0, 0.1) is 0 Å². The molecule has 1 aromatic rings. The highest BCUT2D eigenvalue weighted by atomic mass is 35.5. The van der Waals surface area contributed by atoms with E-state index in [0.29, 0.717) is 12.2 Å². The van der Waals surface area contributed by atoms with E-state index in [9.17, 15) is 5.11 Å². The molecule has 0 bridgehead atoms. The summed E-state index contributed by atoms with van der Waals surface area (Å²) < 4.78 is 0. The van der Waals surface area contributed by atoms with Gasteiger partial charge in [-0.3, -0.25) is 10.3 Å². The third kappa shape index (κ3) is 2.41. The number of halogens is 1. The number of rotatable bonds is 3. The molecule has 0 aromatic carbocycles. The fourth-order valence-electron chi connectivity index (χ4n) is 0.786. The molecule has 12 heavy (non-hydrogen) atoms. The van der Waals surface area contributed by atoms with Crippen LogP contribution in [0.5, 0.6) is 0 Å². The molecule has 0 aliphatic rings. The highest BCUT2D eigenvalue weighted by Gasteiger charge is 2.06. The van der Waals surface area contributed by atoms with Crippen molar-refractivity contribution in [2.45, 2.75) is 13.2 Å². The summed E-state index contributed by atoms with van der Waals surface area (Å²) >= 11 is 5.58. The first-order chi connectivity index (χ1) is 5.74. The molecule has 0 spiro atoms. The molecule has 0 aliphatic carbocycles. The number of hydrogen-bond acceptors (Lipinski definition) is 4. The zero-order chi connectivity index (χ0) is 8.97. The minimum atomic E-state index is -0.791. The number of nitrogens with one attached hydrogen (secondary N) is 1. The average molecular weight is 188 g/mol. The number of aliphatic hydroxyl groups excluding tert-OH is 1. The molecule has 0 saturated heterocycles. The van der Waals surface area contributed by atoms with Gasteiger partial charge < -0.3 is 5.11 Å². The van der Waals surface area contributed by atoms with Crippen LogP contribution >= 0.6 is 11.6 Å². The van der Waals surface area contributed by atoms with Gasteiger partial charge in [0.1, 0.15) is 17.1 Å². The van der Waals surface area contributed by atoms with Gasteiger partial charge in [-0.05, 0) is 6.54 Å². The predicted octanol–water partition coefficient (Wildman–Crippen LogP) is 0.730. The van der Waals surface area contributed by atoms with Gasteiger partial charge in [-0.2, -0.15) is 0 Å². The molecule has 1 rings (SSSR count). The minimum Gasteiger partial charge on any atom is -0.373 e. The molecule has 1 aromatic heterocycles. The molecule has 0 aliphatic heterocycles. The van der Waals surface area contributed by atoms with Crippen molar-refractivity contribution in [2.75, 3.05) is 6.54 Å². The Morgan fingerprint density at radius 3 is 3.00 bits per heavy atom. The van der Waals surface area contributed by atoms with Crippen molar-refractivity contribution >= 4 is 11.6 Å². The first kappa shape index (κ1) is 9.38. The van der Waals surface area contributed by atoms with Gasteiger partial charge in [-0.1, -0.05) is 18.5 Å². The zero-order valence-electron chi connectivity index (χ0n) is 6.66. The Bertz CT molecular complexity index is 256. The summed E-state index contributed by atoms with van der Waals surface area (Å²) in [5.41, 5.74) is 0.435. The van der Waals surface area contributed by atoms with Crippen LogP contribution in [-0.4, -0.2) is 21.6 Å². The van der Waals surface area contributed by atoms with E-state index in [1.54, 1.807) is 0 Å². The lowest BCUT2D eigenvalue weighted by Crippen LogP contribution is -2.21. The normalized spacial score (nSPS) is 12.9. The first-order valence-corrected chi connectivity index (χ1v) is 4.00. The van der Waals surface area contributed by atoms with Crippen LogP contribution in [0.4, 0.5) is 0 Å². The van der Waals surface area contributed by atoms with E-state index in [2.05, 4.69) is 15.3 Å². The molecule has 0 amide bonds. The van der Waals surface area contributed by atoms with Crippen molar-refractivity contribution < 1.29 is 5.11 Å². The molecule has 4 nitrogen and oxygen atoms in total. The maximum absolute atomic E-state index is 9.37. The van der Waals surface area contributed by atoms with Crippen molar-refractivity contribution in [1.82, 2.24) is 15.3 Å². The lowest BCUT2D eigenvalue weighted by atomic mass is 10.4. The van der Waals surface area contributed by atoms with E-state index >= 15 is 0 Å². The van der Waals surface area contributed by atoms with Gasteiger partial charge in [0.05, 0.1) is 12.4 Å². The summed E-state index contributed by atoms with van der Waals surface area (Å²) in [5.74, 6) is 0. The molecular formula is C7H10ClN3O. The molecule has 0 fully saturated rings. The molecule has 0 radical (unpaired) electrons. The molecule has 5 heteroatoms. The van der Waals surface area contributed by atoms with E-state index in [4.69, 9.17) is 11.6 Å². The van der Waals surface area contributed by atoms with E-state index in [-0.39, 0.29) is 5.15 Å². The van der Waals surface area contributed by atoms with Crippen molar-refractivity contribution in [3.05, 3.63) is 23.2 Å². The summed E-state index contributed by atoms with van der Waals surface area (Å²) in [6, 6.07) is 0. The standard InChI is InChI=1S/C7H10ClN3O/c1-2-10-7(12)5-3-9-4-6(8)11-5/h3-4,7,10,12H,2H2,1H3. The number of aromatic nitrogens is 2. The molecule has 66 valence electrons. The third-order valence-electron chi connectivity index (χ3n) is 1.30. The van der Waals surface area contributed by atoms with Crippen LogP contribution in [0.15, 0.2) is 12.4 Å². The highest BCUT2D eigenvalue weighted by molar-refractivity contribution is 6.29. The van der Waals surface area contributed by atoms with Crippen LogP contribution in [0.2, 0.25) is 5.15 Å². The van der Waals surface area contributed by atoms with Crippen LogP contribution in [-0.2, 0) is 0 Å². The second kappa shape index (κ2) is 4.35. The van der Waals surface area contributed by atoms with Gasteiger partial charge in [-0.15, -0.1) is 0 Å². The predicted molar refractivity (Wildman–Crippen MR) is 45.7 cm³/mol. The Morgan fingerprint density at radius 1 is 1.67 bits per heavy atom. The summed E-state index contributed by atoms with van der Waals surface area (Å²) in [5, 5.41) is 12.4. The van der Waals surface area contributed by atoms with Crippen LogP contribution in [0.3, 0.4) is 0 Å². The Morgan fingerprint density at radius 2 is 2.42 bits per heavy atom. The first-order valence-electron chi connectivity index (χ1n) is 3.63. The van der Waals surface area contributed by atoms with Gasteiger partial charge in [-0.25, -0.2) is 4.98 Å². The second-order valence-electron chi connectivity index (χ2n) is 2.23. The number of hydrogen-bond donors (Lipinski definition) is 2. The van der Waals surface area contributed by atoms with E-state index < -0.39 is 6.23 Å². The van der Waals surface area contributed by atoms with Crippen molar-refractivity contribution in [2.24, 2.45) is 0 Å². The Balaban J connectivity index is 2.73. The average Bonchev–Trinajstić information content (AvgIpc) is 2.05. The SMILES string of the molecule is CCNC(O)c1cncc(Cl)n1. The van der Waals surface area contributed by atoms with Gasteiger partial charge in [0.2, 0.25) is 0 Å². The molecule has 1 atom stereocenters. The molecule has 2 N–H and O–H groups in total. The smallest absolute Gasteiger partial charge is 0.149 e. The van der Waals surface area contributed by atoms with Gasteiger partial charge in [0.15, 0.2) is 0 Å². The Labute approximate surface area is 75.6 Å². The molecular weight excluding hydrogens is 178 g/mol. The van der Waals surface area contributed by atoms with E-state index in [0.717, 1.165) is 0 Å². The van der Waals surface area contributed by atoms with Crippen LogP contribution < -0.4 is 5.32 Å². The topological polar surface area (TPSA) is 58.0 Å². The minimum absolute atomic E-state index is 0.282. The molecule has 1 unspecified atom stereocenters. The lowest BCUT2D eigenvalue weighted by Gasteiger charge is -2.09. The fraction of sp³-hybridized carbons (Fsp3) is 0.429. The lowest BCUT2D eigenvalue weighted by molar-refractivity contribution is 0.136. The molecule has 1 heterocycles. The Kier molecular flexibility index (Phi) is 3.40. The summed E-state index contributed by atoms with van der Waals surface area (Å²) in [7, 11) is 0. The van der Waals surface area contributed by atoms with Crippen LogP contribution in [0.1, 0.15) is 18.8 Å². The highest BCUT2D eigenvalue weighted by Crippen LogP contribution is 2.08. The van der Waals surface area contributed by atoms with E-state index in [1.807, 2.05) is 6.92 Å². The quantitative estimate of drug-likeness (QED) is 0.685. The van der Waals surface area contributed by atoms with Crippen molar-refractivity contribution in [3.63, 3.8) is 0 Å². The number of nitrogens with zero attached hydrogens (tertiary/aromatic N) is 2. The van der Waals surface area contributed by atoms with Gasteiger partial charge in [0.25, 0.3) is 0 Å². The van der Waals surface area contributed by atoms with Crippen molar-refractivity contribution in [1.29, 1.82) is 0 Å². The Hall–Kier alpha value is -0.710. The van der Waals surface area contributed by atoms with E-state index in [1.165, 1.54) is 12.4 Å². The monoisotopic (exact) mass is 187 g/mol. The summed E-state index contributed by atoms with van der Waals surface area (Å²) in [6.45, 7) is 2.55. The maximum atomic E-state index is 9.37.